The summed E-state index contributed by atoms with van der Waals surface area (Å²) in [6.45, 7) is 9.48. The Morgan fingerprint density at radius 3 is 1.73 bits per heavy atom. The normalized spacial score (nSPS) is 12.9. The van der Waals surface area contributed by atoms with Crippen LogP contribution in [-0.2, 0) is 9.59 Å². The smallest absolute Gasteiger partial charge is 0.221 e. The summed E-state index contributed by atoms with van der Waals surface area (Å²) in [7, 11) is 3.58. The number of hydrogen-bond donors (Lipinski definition) is 0. The van der Waals surface area contributed by atoms with Crippen LogP contribution in [0.1, 0.15) is 79.6 Å². The van der Waals surface area contributed by atoms with Crippen molar-refractivity contribution < 1.29 is 9.59 Å². The Balaban J connectivity index is 4.74. The zero-order valence-electron chi connectivity index (χ0n) is 15.7. The van der Waals surface area contributed by atoms with E-state index in [4.69, 9.17) is 0 Å². The highest BCUT2D eigenvalue weighted by atomic mass is 16.2. The molecule has 0 fully saturated rings. The van der Waals surface area contributed by atoms with Crippen LogP contribution in [0.5, 0.6) is 0 Å². The van der Waals surface area contributed by atoms with Crippen LogP contribution in [0.2, 0.25) is 0 Å². The third-order valence-electron chi connectivity index (χ3n) is 5.23. The van der Waals surface area contributed by atoms with Crippen molar-refractivity contribution in [1.29, 1.82) is 0 Å². The number of carbonyl (C=O) groups excluding carboxylic acids is 2. The summed E-state index contributed by atoms with van der Waals surface area (Å²) in [5.74, 6) is 0.220. The molecule has 0 aliphatic heterocycles. The Hall–Kier alpha value is -1.06. The van der Waals surface area contributed by atoms with Gasteiger partial charge in [0.05, 0.1) is 0 Å². The maximum atomic E-state index is 11.9. The van der Waals surface area contributed by atoms with Gasteiger partial charge in [0.1, 0.15) is 5.66 Å². The van der Waals surface area contributed by atoms with Crippen molar-refractivity contribution >= 4 is 11.8 Å². The van der Waals surface area contributed by atoms with Gasteiger partial charge in [-0.15, -0.1) is 0 Å². The molecule has 0 aromatic heterocycles. The molecule has 0 rings (SSSR count). The number of amides is 2. The van der Waals surface area contributed by atoms with E-state index in [1.54, 1.807) is 37.7 Å². The SMILES string of the molecule is CCCCCCCCC(C)C(C)(N(C)C(C)=O)N(C)C(C)=O. The van der Waals surface area contributed by atoms with Crippen LogP contribution < -0.4 is 0 Å². The molecule has 22 heavy (non-hydrogen) atoms. The Bertz CT molecular complexity index is 335. The van der Waals surface area contributed by atoms with Crippen LogP contribution in [0.25, 0.3) is 0 Å². The van der Waals surface area contributed by atoms with Crippen LogP contribution in [0.4, 0.5) is 0 Å². The molecular formula is C18H36N2O2. The van der Waals surface area contributed by atoms with Gasteiger partial charge in [-0.3, -0.25) is 9.59 Å². The summed E-state index contributed by atoms with van der Waals surface area (Å²) >= 11 is 0. The lowest BCUT2D eigenvalue weighted by atomic mass is 9.87. The van der Waals surface area contributed by atoms with E-state index >= 15 is 0 Å². The van der Waals surface area contributed by atoms with E-state index in [0.29, 0.717) is 0 Å². The first kappa shape index (κ1) is 20.9. The van der Waals surface area contributed by atoms with Crippen LogP contribution in [-0.4, -0.2) is 41.4 Å². The highest BCUT2D eigenvalue weighted by Gasteiger charge is 2.41. The van der Waals surface area contributed by atoms with Gasteiger partial charge in [-0.05, 0) is 19.3 Å². The molecule has 1 unspecified atom stereocenters. The van der Waals surface area contributed by atoms with E-state index < -0.39 is 5.66 Å². The fourth-order valence-electron chi connectivity index (χ4n) is 3.03. The van der Waals surface area contributed by atoms with E-state index in [9.17, 15) is 9.59 Å². The first-order chi connectivity index (χ1) is 10.2. The number of unbranched alkanes of at least 4 members (excludes halogenated alkanes) is 5. The molecule has 130 valence electrons. The van der Waals surface area contributed by atoms with Gasteiger partial charge < -0.3 is 9.80 Å². The second kappa shape index (κ2) is 9.86. The average molecular weight is 312 g/mol. The molecular weight excluding hydrogens is 276 g/mol. The Morgan fingerprint density at radius 2 is 1.32 bits per heavy atom. The van der Waals surface area contributed by atoms with Crippen molar-refractivity contribution in [2.24, 2.45) is 5.92 Å². The topological polar surface area (TPSA) is 40.6 Å². The Kier molecular flexibility index (Phi) is 9.38. The largest absolute Gasteiger partial charge is 0.323 e. The zero-order valence-corrected chi connectivity index (χ0v) is 15.7. The number of nitrogens with zero attached hydrogens (tertiary/aromatic N) is 2. The van der Waals surface area contributed by atoms with Crippen LogP contribution in [0, 0.1) is 5.92 Å². The molecule has 0 N–H and O–H groups in total. The standard InChI is InChI=1S/C18H36N2O2/c1-8-9-10-11-12-13-14-15(2)18(5,19(6)16(3)21)20(7)17(4)22/h15H,8-14H2,1-7H3. The van der Waals surface area contributed by atoms with Gasteiger partial charge >= 0.3 is 0 Å². The second-order valence-electron chi connectivity index (χ2n) is 6.71. The maximum Gasteiger partial charge on any atom is 0.221 e. The number of carbonyl (C=O) groups is 2. The highest BCUT2D eigenvalue weighted by molar-refractivity contribution is 5.77. The molecule has 2 amide bonds. The average Bonchev–Trinajstić information content (AvgIpc) is 2.47. The second-order valence-corrected chi connectivity index (χ2v) is 6.71. The number of rotatable bonds is 10. The summed E-state index contributed by atoms with van der Waals surface area (Å²) in [5, 5.41) is 0. The summed E-state index contributed by atoms with van der Waals surface area (Å²) < 4.78 is 0. The van der Waals surface area contributed by atoms with Crippen molar-refractivity contribution in [3.05, 3.63) is 0 Å². The van der Waals surface area contributed by atoms with Gasteiger partial charge in [0.25, 0.3) is 0 Å². The van der Waals surface area contributed by atoms with Gasteiger partial charge in [-0.25, -0.2) is 0 Å². The quantitative estimate of drug-likeness (QED) is 0.451. The van der Waals surface area contributed by atoms with Crippen LogP contribution in [0.15, 0.2) is 0 Å². The molecule has 0 aliphatic rings. The van der Waals surface area contributed by atoms with Crippen molar-refractivity contribution in [2.75, 3.05) is 14.1 Å². The van der Waals surface area contributed by atoms with Gasteiger partial charge in [0.2, 0.25) is 11.8 Å². The lowest BCUT2D eigenvalue weighted by Gasteiger charge is -2.49. The van der Waals surface area contributed by atoms with E-state index in [1.165, 1.54) is 32.1 Å². The maximum absolute atomic E-state index is 11.9. The van der Waals surface area contributed by atoms with E-state index in [-0.39, 0.29) is 17.7 Å². The third kappa shape index (κ3) is 5.62. The summed E-state index contributed by atoms with van der Waals surface area (Å²) in [5.41, 5.74) is -0.568. The lowest BCUT2D eigenvalue weighted by Crippen LogP contribution is -2.62. The highest BCUT2D eigenvalue weighted by Crippen LogP contribution is 2.31. The minimum Gasteiger partial charge on any atom is -0.323 e. The predicted molar refractivity (Wildman–Crippen MR) is 92.5 cm³/mol. The lowest BCUT2D eigenvalue weighted by molar-refractivity contribution is -0.156. The molecule has 0 bridgehead atoms. The summed E-state index contributed by atoms with van der Waals surface area (Å²) in [6.07, 6.45) is 8.57. The molecule has 0 radical (unpaired) electrons. The van der Waals surface area contributed by atoms with Gasteiger partial charge in [-0.2, -0.15) is 0 Å². The van der Waals surface area contributed by atoms with Crippen molar-refractivity contribution in [1.82, 2.24) is 9.80 Å². The Morgan fingerprint density at radius 1 is 0.909 bits per heavy atom. The van der Waals surface area contributed by atoms with Crippen LogP contribution in [0.3, 0.4) is 0 Å². The molecule has 1 atom stereocenters. The van der Waals surface area contributed by atoms with Crippen molar-refractivity contribution in [2.45, 2.75) is 85.2 Å². The van der Waals surface area contributed by atoms with Gasteiger partial charge in [0.15, 0.2) is 0 Å². The summed E-state index contributed by atoms with van der Waals surface area (Å²) in [4.78, 5) is 27.1. The molecule has 4 nitrogen and oxygen atoms in total. The minimum atomic E-state index is -0.568. The molecule has 0 aromatic rings. The van der Waals surface area contributed by atoms with E-state index in [1.807, 2.05) is 6.92 Å². The van der Waals surface area contributed by atoms with E-state index in [0.717, 1.165) is 12.8 Å². The van der Waals surface area contributed by atoms with Gasteiger partial charge in [-0.1, -0.05) is 52.4 Å². The third-order valence-corrected chi connectivity index (χ3v) is 5.23. The predicted octanol–water partition coefficient (Wildman–Crippen LogP) is 4.05. The molecule has 0 aromatic carbocycles. The van der Waals surface area contributed by atoms with Crippen molar-refractivity contribution in [3.63, 3.8) is 0 Å². The first-order valence-electron chi connectivity index (χ1n) is 8.68. The molecule has 0 spiro atoms. The zero-order chi connectivity index (χ0) is 17.3. The fraction of sp³-hybridized carbons (Fsp3) is 0.889. The van der Waals surface area contributed by atoms with Crippen LogP contribution >= 0.6 is 0 Å². The number of hydrogen-bond acceptors (Lipinski definition) is 2. The minimum absolute atomic E-state index is 0.00889. The van der Waals surface area contributed by atoms with E-state index in [2.05, 4.69) is 13.8 Å². The summed E-state index contributed by atoms with van der Waals surface area (Å²) in [6, 6.07) is 0. The fourth-order valence-corrected chi connectivity index (χ4v) is 3.03. The molecule has 0 heterocycles. The molecule has 4 heteroatoms. The first-order valence-corrected chi connectivity index (χ1v) is 8.68. The Labute approximate surface area is 137 Å². The van der Waals surface area contributed by atoms with Crippen molar-refractivity contribution in [3.8, 4) is 0 Å². The molecule has 0 saturated carbocycles. The molecule has 0 saturated heterocycles. The molecule has 0 aliphatic carbocycles. The monoisotopic (exact) mass is 312 g/mol. The van der Waals surface area contributed by atoms with Gasteiger partial charge in [0, 0.05) is 27.9 Å².